The molecule has 5 heteroatoms. The topological polar surface area (TPSA) is 35.0 Å². The summed E-state index contributed by atoms with van der Waals surface area (Å²) in [6.07, 6.45) is 4.39. The summed E-state index contributed by atoms with van der Waals surface area (Å²) >= 11 is 6.40. The quantitative estimate of drug-likeness (QED) is 0.520. The number of ether oxygens (including phenoxy) is 1. The fourth-order valence-corrected chi connectivity index (χ4v) is 3.33. The number of hydrogen-bond donors (Lipinski definition) is 0. The SMILES string of the molecule is CC(C)C[C@H](C)COc1cnc(-c2ccnc3cc(F)ccc23)cc1Cl. The first kappa shape index (κ1) is 18.6. The number of hydrogen-bond acceptors (Lipinski definition) is 3. The number of rotatable bonds is 6. The predicted octanol–water partition coefficient (Wildman–Crippen LogP) is 6.15. The lowest BCUT2D eigenvalue weighted by Gasteiger charge is -2.16. The fraction of sp³-hybridized carbons (Fsp3) is 0.333. The third kappa shape index (κ3) is 4.31. The first-order chi connectivity index (χ1) is 12.4. The molecular formula is C21H22ClFN2O. The van der Waals surface area contributed by atoms with Crippen molar-refractivity contribution in [1.82, 2.24) is 9.97 Å². The lowest BCUT2D eigenvalue weighted by molar-refractivity contribution is 0.238. The van der Waals surface area contributed by atoms with Crippen LogP contribution in [-0.2, 0) is 0 Å². The van der Waals surface area contributed by atoms with Gasteiger partial charge in [-0.15, -0.1) is 0 Å². The summed E-state index contributed by atoms with van der Waals surface area (Å²) < 4.78 is 19.3. The van der Waals surface area contributed by atoms with E-state index < -0.39 is 0 Å². The molecule has 0 fully saturated rings. The van der Waals surface area contributed by atoms with Gasteiger partial charge in [0.05, 0.1) is 29.0 Å². The molecule has 136 valence electrons. The van der Waals surface area contributed by atoms with E-state index in [1.54, 1.807) is 24.5 Å². The molecule has 0 saturated carbocycles. The van der Waals surface area contributed by atoms with Crippen molar-refractivity contribution in [2.45, 2.75) is 27.2 Å². The van der Waals surface area contributed by atoms with Crippen LogP contribution in [0.15, 0.2) is 42.7 Å². The van der Waals surface area contributed by atoms with Crippen molar-refractivity contribution in [3.05, 3.63) is 53.6 Å². The molecule has 2 aromatic heterocycles. The average Bonchev–Trinajstić information content (AvgIpc) is 2.59. The highest BCUT2D eigenvalue weighted by molar-refractivity contribution is 6.32. The van der Waals surface area contributed by atoms with Crippen molar-refractivity contribution in [3.8, 4) is 17.0 Å². The summed E-state index contributed by atoms with van der Waals surface area (Å²) in [4.78, 5) is 8.71. The average molecular weight is 373 g/mol. The molecule has 0 spiro atoms. The first-order valence-electron chi connectivity index (χ1n) is 8.77. The molecule has 2 heterocycles. The summed E-state index contributed by atoms with van der Waals surface area (Å²) in [5, 5.41) is 1.34. The van der Waals surface area contributed by atoms with E-state index in [9.17, 15) is 4.39 Å². The van der Waals surface area contributed by atoms with Gasteiger partial charge in [-0.3, -0.25) is 9.97 Å². The number of benzene rings is 1. The molecule has 0 aliphatic rings. The second-order valence-corrected chi connectivity index (χ2v) is 7.47. The Kier molecular flexibility index (Phi) is 5.72. The van der Waals surface area contributed by atoms with Gasteiger partial charge < -0.3 is 4.74 Å². The Hall–Kier alpha value is -2.20. The van der Waals surface area contributed by atoms with Crippen LogP contribution in [0.2, 0.25) is 5.02 Å². The maximum absolute atomic E-state index is 13.4. The van der Waals surface area contributed by atoms with E-state index in [0.717, 1.165) is 17.4 Å². The third-order valence-electron chi connectivity index (χ3n) is 4.20. The molecule has 0 aliphatic carbocycles. The highest BCUT2D eigenvalue weighted by atomic mass is 35.5. The monoisotopic (exact) mass is 372 g/mol. The van der Waals surface area contributed by atoms with Gasteiger partial charge in [0, 0.05) is 23.2 Å². The van der Waals surface area contributed by atoms with Crippen LogP contribution < -0.4 is 4.74 Å². The minimum atomic E-state index is -0.313. The number of halogens is 2. The molecule has 3 rings (SSSR count). The van der Waals surface area contributed by atoms with Crippen LogP contribution in [0.4, 0.5) is 4.39 Å². The summed E-state index contributed by atoms with van der Waals surface area (Å²) in [5.74, 6) is 1.35. The van der Waals surface area contributed by atoms with Crippen LogP contribution in [0.5, 0.6) is 5.75 Å². The van der Waals surface area contributed by atoms with E-state index in [-0.39, 0.29) is 5.82 Å². The zero-order chi connectivity index (χ0) is 18.7. The van der Waals surface area contributed by atoms with Crippen molar-refractivity contribution in [1.29, 1.82) is 0 Å². The molecule has 3 aromatic rings. The van der Waals surface area contributed by atoms with Gasteiger partial charge in [-0.2, -0.15) is 0 Å². The first-order valence-corrected chi connectivity index (χ1v) is 9.15. The van der Waals surface area contributed by atoms with Crippen molar-refractivity contribution >= 4 is 22.5 Å². The summed E-state index contributed by atoms with van der Waals surface area (Å²) in [5.41, 5.74) is 2.15. The molecule has 1 atom stereocenters. The Labute approximate surface area is 158 Å². The van der Waals surface area contributed by atoms with Crippen LogP contribution in [0, 0.1) is 17.7 Å². The molecule has 3 nitrogen and oxygen atoms in total. The second-order valence-electron chi connectivity index (χ2n) is 7.07. The van der Waals surface area contributed by atoms with Gasteiger partial charge in [-0.05, 0) is 42.5 Å². The lowest BCUT2D eigenvalue weighted by Crippen LogP contribution is -2.11. The van der Waals surface area contributed by atoms with Crippen molar-refractivity contribution in [2.75, 3.05) is 6.61 Å². The van der Waals surface area contributed by atoms with Crippen LogP contribution in [-0.4, -0.2) is 16.6 Å². The molecule has 0 saturated heterocycles. The molecule has 0 radical (unpaired) electrons. The number of aromatic nitrogens is 2. The maximum atomic E-state index is 13.4. The van der Waals surface area contributed by atoms with E-state index in [0.29, 0.717) is 40.4 Å². The standard InChI is InChI=1S/C21H22ClFN2O/c1-13(2)8-14(3)12-26-21-11-25-20(10-18(21)22)17-6-7-24-19-9-15(23)4-5-16(17)19/h4-7,9-11,13-14H,8,12H2,1-3H3/t14-/m0/s1. The molecule has 0 N–H and O–H groups in total. The molecule has 0 bridgehead atoms. The molecular weight excluding hydrogens is 351 g/mol. The Balaban J connectivity index is 1.84. The van der Waals surface area contributed by atoms with Gasteiger partial charge in [0.1, 0.15) is 5.82 Å². The van der Waals surface area contributed by atoms with E-state index in [1.807, 2.05) is 6.07 Å². The third-order valence-corrected chi connectivity index (χ3v) is 4.49. The van der Waals surface area contributed by atoms with Gasteiger partial charge in [-0.1, -0.05) is 32.4 Å². The fourth-order valence-electron chi connectivity index (χ4n) is 3.12. The Morgan fingerprint density at radius 3 is 2.65 bits per heavy atom. The maximum Gasteiger partial charge on any atom is 0.156 e. The summed E-state index contributed by atoms with van der Waals surface area (Å²) in [7, 11) is 0. The number of nitrogens with zero attached hydrogens (tertiary/aromatic N) is 2. The van der Waals surface area contributed by atoms with Crippen LogP contribution in [0.1, 0.15) is 27.2 Å². The molecule has 26 heavy (non-hydrogen) atoms. The predicted molar refractivity (Wildman–Crippen MR) is 104 cm³/mol. The number of fused-ring (bicyclic) bond motifs is 1. The highest BCUT2D eigenvalue weighted by Crippen LogP contribution is 2.32. The second kappa shape index (κ2) is 8.00. The van der Waals surface area contributed by atoms with Crippen LogP contribution in [0.25, 0.3) is 22.2 Å². The van der Waals surface area contributed by atoms with Gasteiger partial charge in [0.2, 0.25) is 0 Å². The lowest BCUT2D eigenvalue weighted by atomic mass is 10.00. The van der Waals surface area contributed by atoms with Gasteiger partial charge in [0.25, 0.3) is 0 Å². The molecule has 0 amide bonds. The number of pyridine rings is 2. The molecule has 0 unspecified atom stereocenters. The zero-order valence-corrected chi connectivity index (χ0v) is 15.9. The largest absolute Gasteiger partial charge is 0.490 e. The molecule has 1 aromatic carbocycles. The van der Waals surface area contributed by atoms with Gasteiger partial charge in [0.15, 0.2) is 5.75 Å². The minimum Gasteiger partial charge on any atom is -0.490 e. The zero-order valence-electron chi connectivity index (χ0n) is 15.2. The Bertz CT molecular complexity index is 914. The molecule has 0 aliphatic heterocycles. The Morgan fingerprint density at radius 1 is 1.12 bits per heavy atom. The van der Waals surface area contributed by atoms with Gasteiger partial charge in [-0.25, -0.2) is 4.39 Å². The normalized spacial score (nSPS) is 12.5. The smallest absolute Gasteiger partial charge is 0.156 e. The van der Waals surface area contributed by atoms with Crippen LogP contribution in [0.3, 0.4) is 0 Å². The minimum absolute atomic E-state index is 0.313. The van der Waals surface area contributed by atoms with E-state index >= 15 is 0 Å². The van der Waals surface area contributed by atoms with Gasteiger partial charge >= 0.3 is 0 Å². The van der Waals surface area contributed by atoms with E-state index in [4.69, 9.17) is 16.3 Å². The summed E-state index contributed by atoms with van der Waals surface area (Å²) in [6, 6.07) is 8.17. The van der Waals surface area contributed by atoms with Crippen LogP contribution >= 0.6 is 11.6 Å². The summed E-state index contributed by atoms with van der Waals surface area (Å²) in [6.45, 7) is 7.17. The van der Waals surface area contributed by atoms with Crippen molar-refractivity contribution in [2.24, 2.45) is 11.8 Å². The van der Waals surface area contributed by atoms with E-state index in [1.165, 1.54) is 12.1 Å². The van der Waals surface area contributed by atoms with Crippen molar-refractivity contribution < 1.29 is 9.13 Å². The Morgan fingerprint density at radius 2 is 1.92 bits per heavy atom. The van der Waals surface area contributed by atoms with Crippen molar-refractivity contribution in [3.63, 3.8) is 0 Å². The highest BCUT2D eigenvalue weighted by Gasteiger charge is 2.12. The van der Waals surface area contributed by atoms with E-state index in [2.05, 4.69) is 30.7 Å².